The van der Waals surface area contributed by atoms with E-state index in [0.717, 1.165) is 5.56 Å². The van der Waals surface area contributed by atoms with E-state index >= 15 is 0 Å². The molecule has 1 amide bonds. The largest absolute Gasteiger partial charge is 0.350 e. The molecule has 1 aromatic heterocycles. The van der Waals surface area contributed by atoms with Gasteiger partial charge in [-0.05, 0) is 24.6 Å². The molecule has 0 aliphatic rings. The lowest BCUT2D eigenvalue weighted by Crippen LogP contribution is -2.28. The van der Waals surface area contributed by atoms with Gasteiger partial charge in [-0.15, -0.1) is 0 Å². The number of rotatable bonds is 6. The molecule has 0 unspecified atom stereocenters. The van der Waals surface area contributed by atoms with Crippen LogP contribution in [0.5, 0.6) is 0 Å². The fraction of sp³-hybridized carbons (Fsp3) is 0.286. The van der Waals surface area contributed by atoms with Gasteiger partial charge in [-0.1, -0.05) is 18.2 Å². The molecule has 0 saturated heterocycles. The van der Waals surface area contributed by atoms with Crippen molar-refractivity contribution >= 4 is 5.91 Å². The summed E-state index contributed by atoms with van der Waals surface area (Å²) in [6.45, 7) is 1.83. The maximum absolute atomic E-state index is 12.1. The van der Waals surface area contributed by atoms with Crippen LogP contribution in [-0.4, -0.2) is 28.5 Å². The first-order valence-corrected chi connectivity index (χ1v) is 6.33. The average molecular weight is 258 g/mol. The summed E-state index contributed by atoms with van der Waals surface area (Å²) in [6.07, 6.45) is 6.03. The second-order valence-electron chi connectivity index (χ2n) is 4.25. The average Bonchev–Trinajstić information content (AvgIpc) is 2.93. The van der Waals surface area contributed by atoms with E-state index < -0.39 is 0 Å². The molecule has 0 aliphatic carbocycles. The van der Waals surface area contributed by atoms with Crippen LogP contribution in [0.2, 0.25) is 0 Å². The van der Waals surface area contributed by atoms with Crippen LogP contribution < -0.4 is 11.1 Å². The zero-order valence-corrected chi connectivity index (χ0v) is 10.7. The van der Waals surface area contributed by atoms with Crippen LogP contribution in [0.15, 0.2) is 43.0 Å². The lowest BCUT2D eigenvalue weighted by atomic mass is 10.0. The standard InChI is InChI=1S/C14H18N4O/c15-6-5-12-3-1-2-4-13(12)14(19)17-8-10-18-9-7-16-11-18/h1-4,7,9,11H,5-6,8,10,15H2,(H,17,19). The van der Waals surface area contributed by atoms with Gasteiger partial charge in [0, 0.05) is 31.0 Å². The Labute approximate surface area is 112 Å². The second kappa shape index (κ2) is 6.70. The quantitative estimate of drug-likeness (QED) is 0.805. The van der Waals surface area contributed by atoms with Crippen LogP contribution in [0, 0.1) is 0 Å². The van der Waals surface area contributed by atoms with Crippen molar-refractivity contribution in [2.75, 3.05) is 13.1 Å². The first kappa shape index (κ1) is 13.3. The molecule has 1 aromatic carbocycles. The Balaban J connectivity index is 1.92. The Kier molecular flexibility index (Phi) is 4.69. The molecule has 0 radical (unpaired) electrons. The summed E-state index contributed by atoms with van der Waals surface area (Å²) in [5.41, 5.74) is 7.25. The Hall–Kier alpha value is -2.14. The van der Waals surface area contributed by atoms with E-state index in [9.17, 15) is 4.79 Å². The molecule has 0 fully saturated rings. The molecular formula is C14H18N4O. The number of imidazole rings is 1. The highest BCUT2D eigenvalue weighted by Crippen LogP contribution is 2.08. The summed E-state index contributed by atoms with van der Waals surface area (Å²) in [7, 11) is 0. The molecule has 0 aliphatic heterocycles. The molecule has 3 N–H and O–H groups in total. The number of hydrogen-bond acceptors (Lipinski definition) is 3. The summed E-state index contributed by atoms with van der Waals surface area (Å²) >= 11 is 0. The van der Waals surface area contributed by atoms with Crippen molar-refractivity contribution in [1.29, 1.82) is 0 Å². The first-order chi connectivity index (χ1) is 9.31. The molecule has 0 spiro atoms. The van der Waals surface area contributed by atoms with Gasteiger partial charge < -0.3 is 15.6 Å². The van der Waals surface area contributed by atoms with Crippen LogP contribution in [0.3, 0.4) is 0 Å². The summed E-state index contributed by atoms with van der Waals surface area (Å²) in [5, 5.41) is 2.91. The zero-order chi connectivity index (χ0) is 13.5. The molecule has 100 valence electrons. The van der Waals surface area contributed by atoms with Gasteiger partial charge in [0.05, 0.1) is 6.33 Å². The number of nitrogens with zero attached hydrogens (tertiary/aromatic N) is 2. The monoisotopic (exact) mass is 258 g/mol. The fourth-order valence-corrected chi connectivity index (χ4v) is 1.93. The normalized spacial score (nSPS) is 10.4. The van der Waals surface area contributed by atoms with Crippen molar-refractivity contribution in [2.24, 2.45) is 5.73 Å². The van der Waals surface area contributed by atoms with Gasteiger partial charge in [-0.2, -0.15) is 0 Å². The second-order valence-corrected chi connectivity index (χ2v) is 4.25. The number of nitrogens with one attached hydrogen (secondary N) is 1. The summed E-state index contributed by atoms with van der Waals surface area (Å²) in [4.78, 5) is 16.0. The molecule has 0 atom stereocenters. The van der Waals surface area contributed by atoms with Crippen LogP contribution in [0.4, 0.5) is 0 Å². The van der Waals surface area contributed by atoms with Gasteiger partial charge in [0.15, 0.2) is 0 Å². The molecule has 2 aromatic rings. The Morgan fingerprint density at radius 3 is 2.95 bits per heavy atom. The molecular weight excluding hydrogens is 240 g/mol. The third kappa shape index (κ3) is 3.66. The minimum Gasteiger partial charge on any atom is -0.350 e. The Morgan fingerprint density at radius 2 is 2.21 bits per heavy atom. The molecule has 5 heteroatoms. The molecule has 19 heavy (non-hydrogen) atoms. The van der Waals surface area contributed by atoms with E-state index in [1.807, 2.05) is 35.0 Å². The third-order valence-electron chi connectivity index (χ3n) is 2.89. The van der Waals surface area contributed by atoms with E-state index in [1.165, 1.54) is 0 Å². The SMILES string of the molecule is NCCc1ccccc1C(=O)NCCn1ccnc1. The fourth-order valence-electron chi connectivity index (χ4n) is 1.93. The van der Waals surface area contributed by atoms with Crippen molar-refractivity contribution < 1.29 is 4.79 Å². The molecule has 5 nitrogen and oxygen atoms in total. The van der Waals surface area contributed by atoms with E-state index in [1.54, 1.807) is 12.5 Å². The number of benzene rings is 1. The summed E-state index contributed by atoms with van der Waals surface area (Å²) in [5.74, 6) is -0.0517. The van der Waals surface area contributed by atoms with E-state index in [2.05, 4.69) is 10.3 Å². The number of carbonyl (C=O) groups is 1. The van der Waals surface area contributed by atoms with Crippen molar-refractivity contribution in [1.82, 2.24) is 14.9 Å². The van der Waals surface area contributed by atoms with Crippen molar-refractivity contribution in [3.8, 4) is 0 Å². The molecule has 0 saturated carbocycles. The number of amides is 1. The van der Waals surface area contributed by atoms with Gasteiger partial charge in [-0.25, -0.2) is 4.98 Å². The summed E-state index contributed by atoms with van der Waals surface area (Å²) in [6, 6.07) is 7.56. The smallest absolute Gasteiger partial charge is 0.251 e. The van der Waals surface area contributed by atoms with E-state index in [-0.39, 0.29) is 5.91 Å². The van der Waals surface area contributed by atoms with Gasteiger partial charge in [0.25, 0.3) is 5.91 Å². The molecule has 1 heterocycles. The minimum atomic E-state index is -0.0517. The highest BCUT2D eigenvalue weighted by molar-refractivity contribution is 5.95. The summed E-state index contributed by atoms with van der Waals surface area (Å²) < 4.78 is 1.92. The Morgan fingerprint density at radius 1 is 1.37 bits per heavy atom. The lowest BCUT2D eigenvalue weighted by molar-refractivity contribution is 0.0951. The zero-order valence-electron chi connectivity index (χ0n) is 10.7. The van der Waals surface area contributed by atoms with Gasteiger partial charge in [-0.3, -0.25) is 4.79 Å². The first-order valence-electron chi connectivity index (χ1n) is 6.33. The number of nitrogens with two attached hydrogens (primary N) is 1. The third-order valence-corrected chi connectivity index (χ3v) is 2.89. The van der Waals surface area contributed by atoms with Crippen LogP contribution in [-0.2, 0) is 13.0 Å². The van der Waals surface area contributed by atoms with Gasteiger partial charge in [0.2, 0.25) is 0 Å². The van der Waals surface area contributed by atoms with Crippen LogP contribution in [0.1, 0.15) is 15.9 Å². The van der Waals surface area contributed by atoms with E-state index in [4.69, 9.17) is 5.73 Å². The topological polar surface area (TPSA) is 72.9 Å². The van der Waals surface area contributed by atoms with Crippen molar-refractivity contribution in [3.63, 3.8) is 0 Å². The molecule has 0 bridgehead atoms. The van der Waals surface area contributed by atoms with Crippen molar-refractivity contribution in [2.45, 2.75) is 13.0 Å². The lowest BCUT2D eigenvalue weighted by Gasteiger charge is -2.09. The minimum absolute atomic E-state index is 0.0517. The highest BCUT2D eigenvalue weighted by atomic mass is 16.1. The van der Waals surface area contributed by atoms with Crippen LogP contribution in [0.25, 0.3) is 0 Å². The van der Waals surface area contributed by atoms with Crippen molar-refractivity contribution in [3.05, 3.63) is 54.1 Å². The predicted molar refractivity (Wildman–Crippen MR) is 73.8 cm³/mol. The number of hydrogen-bond donors (Lipinski definition) is 2. The predicted octanol–water partition coefficient (Wildman–Crippen LogP) is 0.814. The maximum Gasteiger partial charge on any atom is 0.251 e. The van der Waals surface area contributed by atoms with E-state index in [0.29, 0.717) is 31.6 Å². The number of carbonyl (C=O) groups excluding carboxylic acids is 1. The van der Waals surface area contributed by atoms with Gasteiger partial charge in [0.1, 0.15) is 0 Å². The molecule has 2 rings (SSSR count). The Bertz CT molecular complexity index is 522. The highest BCUT2D eigenvalue weighted by Gasteiger charge is 2.09. The van der Waals surface area contributed by atoms with Crippen LogP contribution >= 0.6 is 0 Å². The number of aromatic nitrogens is 2. The van der Waals surface area contributed by atoms with Gasteiger partial charge >= 0.3 is 0 Å². The maximum atomic E-state index is 12.1.